The Balaban J connectivity index is 1.76. The van der Waals surface area contributed by atoms with Crippen LogP contribution < -0.4 is 10.1 Å². The van der Waals surface area contributed by atoms with E-state index in [9.17, 15) is 31.6 Å². The first-order valence-electron chi connectivity index (χ1n) is 9.07. The quantitative estimate of drug-likeness (QED) is 0.394. The molecule has 0 fully saturated rings. The zero-order chi connectivity index (χ0) is 23.1. The van der Waals surface area contributed by atoms with Gasteiger partial charge in [-0.1, -0.05) is 24.3 Å². The third-order valence-electron chi connectivity index (χ3n) is 4.62. The van der Waals surface area contributed by atoms with Gasteiger partial charge >= 0.3 is 12.5 Å². The van der Waals surface area contributed by atoms with Crippen molar-refractivity contribution in [1.82, 2.24) is 9.38 Å². The molecule has 2 heterocycles. The summed E-state index contributed by atoms with van der Waals surface area (Å²) in [7, 11) is 0. The highest BCUT2D eigenvalue weighted by atomic mass is 19.4. The van der Waals surface area contributed by atoms with Crippen LogP contribution in [0.5, 0.6) is 5.75 Å². The van der Waals surface area contributed by atoms with Crippen LogP contribution in [-0.2, 0) is 12.7 Å². The van der Waals surface area contributed by atoms with Crippen molar-refractivity contribution in [2.75, 3.05) is 5.32 Å². The van der Waals surface area contributed by atoms with Gasteiger partial charge < -0.3 is 10.1 Å². The second-order valence-electron chi connectivity index (χ2n) is 6.73. The van der Waals surface area contributed by atoms with E-state index in [1.807, 2.05) is 0 Å². The van der Waals surface area contributed by atoms with E-state index >= 15 is 0 Å². The average molecular weight is 450 g/mol. The summed E-state index contributed by atoms with van der Waals surface area (Å²) >= 11 is 0. The maximum Gasteiger partial charge on any atom is 0.573 e. The highest BCUT2D eigenvalue weighted by Crippen LogP contribution is 2.37. The Bertz CT molecular complexity index is 1330. The van der Waals surface area contributed by atoms with Gasteiger partial charge in [-0.15, -0.1) is 13.2 Å². The van der Waals surface area contributed by atoms with Gasteiger partial charge in [-0.05, 0) is 35.9 Å². The lowest BCUT2D eigenvalue weighted by atomic mass is 10.1. The maximum absolute atomic E-state index is 13.6. The number of aromatic nitrogens is 2. The molecule has 0 amide bonds. The molecule has 0 spiro atoms. The van der Waals surface area contributed by atoms with Crippen LogP contribution in [0.15, 0.2) is 54.6 Å². The summed E-state index contributed by atoms with van der Waals surface area (Å²) in [6.45, 7) is -0.00287. The molecule has 11 heteroatoms. The molecule has 0 aliphatic carbocycles. The summed E-state index contributed by atoms with van der Waals surface area (Å²) in [4.78, 5) is 4.20. The zero-order valence-electron chi connectivity index (χ0n) is 15.9. The number of alkyl halides is 6. The Morgan fingerprint density at radius 3 is 2.31 bits per heavy atom. The van der Waals surface area contributed by atoms with Crippen molar-refractivity contribution in [3.8, 4) is 11.8 Å². The lowest BCUT2D eigenvalue weighted by Crippen LogP contribution is -2.17. The lowest BCUT2D eigenvalue weighted by Gasteiger charge is -2.16. The highest BCUT2D eigenvalue weighted by Gasteiger charge is 2.36. The predicted molar refractivity (Wildman–Crippen MR) is 103 cm³/mol. The Morgan fingerprint density at radius 1 is 1.00 bits per heavy atom. The van der Waals surface area contributed by atoms with E-state index in [0.29, 0.717) is 16.6 Å². The molecule has 0 unspecified atom stereocenters. The number of imidazole rings is 1. The molecule has 0 aliphatic heterocycles. The van der Waals surface area contributed by atoms with E-state index < -0.39 is 29.4 Å². The third-order valence-corrected chi connectivity index (χ3v) is 4.62. The van der Waals surface area contributed by atoms with Crippen molar-refractivity contribution < 1.29 is 31.1 Å². The molecule has 2 aromatic carbocycles. The second-order valence-corrected chi connectivity index (χ2v) is 6.73. The number of nitrogens with zero attached hydrogens (tertiary/aromatic N) is 3. The van der Waals surface area contributed by atoms with Crippen molar-refractivity contribution in [1.29, 1.82) is 5.26 Å². The number of pyridine rings is 1. The molecule has 0 saturated heterocycles. The number of rotatable bonds is 4. The smallest absolute Gasteiger partial charge is 0.406 e. The Kier molecular flexibility index (Phi) is 5.08. The van der Waals surface area contributed by atoms with Crippen LogP contribution in [0.1, 0.15) is 16.7 Å². The number of fused-ring (bicyclic) bond motifs is 3. The number of benzene rings is 2. The molecule has 5 nitrogen and oxygen atoms in total. The summed E-state index contributed by atoms with van der Waals surface area (Å²) in [5.74, 6) is -0.391. The minimum Gasteiger partial charge on any atom is -0.406 e. The van der Waals surface area contributed by atoms with Gasteiger partial charge in [0.15, 0.2) is 5.65 Å². The summed E-state index contributed by atoms with van der Waals surface area (Å²) in [5, 5.41) is 12.3. The fourth-order valence-corrected chi connectivity index (χ4v) is 3.30. The van der Waals surface area contributed by atoms with E-state index in [2.05, 4.69) is 15.0 Å². The maximum atomic E-state index is 13.6. The van der Waals surface area contributed by atoms with Crippen LogP contribution in [0.25, 0.3) is 16.7 Å². The second kappa shape index (κ2) is 7.64. The van der Waals surface area contributed by atoms with Crippen LogP contribution in [0.4, 0.5) is 32.2 Å². The number of hydrogen-bond acceptors (Lipinski definition) is 4. The fourth-order valence-electron chi connectivity index (χ4n) is 3.30. The van der Waals surface area contributed by atoms with E-state index in [4.69, 9.17) is 0 Å². The van der Waals surface area contributed by atoms with Gasteiger partial charge in [0, 0.05) is 6.54 Å². The normalized spacial score (nSPS) is 12.2. The molecule has 0 bridgehead atoms. The van der Waals surface area contributed by atoms with Crippen molar-refractivity contribution in [3.63, 3.8) is 0 Å². The van der Waals surface area contributed by atoms with Crippen LogP contribution in [0.3, 0.4) is 0 Å². The number of nitrogens with one attached hydrogen (secondary N) is 1. The first kappa shape index (κ1) is 21.3. The van der Waals surface area contributed by atoms with Gasteiger partial charge in [0.05, 0.1) is 16.6 Å². The Hall–Kier alpha value is -3.94. The first-order valence-corrected chi connectivity index (χ1v) is 9.07. The first-order chi connectivity index (χ1) is 15.1. The highest BCUT2D eigenvalue weighted by molar-refractivity contribution is 5.85. The monoisotopic (exact) mass is 450 g/mol. The molecule has 164 valence electrons. The Morgan fingerprint density at radius 2 is 1.69 bits per heavy atom. The number of ether oxygens (including phenoxy) is 1. The van der Waals surface area contributed by atoms with Crippen LogP contribution in [-0.4, -0.2) is 15.7 Å². The zero-order valence-corrected chi connectivity index (χ0v) is 15.9. The van der Waals surface area contributed by atoms with Crippen molar-refractivity contribution in [3.05, 3.63) is 71.3 Å². The molecular formula is C21H12F6N4O. The molecule has 2 aromatic heterocycles. The van der Waals surface area contributed by atoms with Gasteiger partial charge in [0.25, 0.3) is 0 Å². The van der Waals surface area contributed by atoms with Gasteiger partial charge in [-0.2, -0.15) is 18.4 Å². The van der Waals surface area contributed by atoms with E-state index in [0.717, 1.165) is 18.2 Å². The van der Waals surface area contributed by atoms with Crippen molar-refractivity contribution in [2.45, 2.75) is 19.1 Å². The van der Waals surface area contributed by atoms with E-state index in [-0.39, 0.29) is 18.0 Å². The van der Waals surface area contributed by atoms with Gasteiger partial charge in [0.1, 0.15) is 23.2 Å². The van der Waals surface area contributed by atoms with Crippen LogP contribution in [0.2, 0.25) is 0 Å². The minimum absolute atomic E-state index is 0.00287. The molecule has 0 atom stereocenters. The van der Waals surface area contributed by atoms with Gasteiger partial charge in [-0.25, -0.2) is 4.98 Å². The van der Waals surface area contributed by atoms with Crippen molar-refractivity contribution >= 4 is 22.5 Å². The topological polar surface area (TPSA) is 62.3 Å². The number of anilines is 1. The molecule has 0 aliphatic rings. The Labute approximate surface area is 176 Å². The minimum atomic E-state index is -4.83. The average Bonchev–Trinajstić information content (AvgIpc) is 3.10. The molecule has 0 radical (unpaired) electrons. The summed E-state index contributed by atoms with van der Waals surface area (Å²) in [6, 6.07) is 13.9. The lowest BCUT2D eigenvalue weighted by molar-refractivity contribution is -0.274. The molecular weight excluding hydrogens is 438 g/mol. The molecule has 4 aromatic rings. The summed E-state index contributed by atoms with van der Waals surface area (Å²) in [6.07, 6.45) is -9.62. The molecule has 0 saturated carbocycles. The fraction of sp³-hybridized carbons (Fsp3) is 0.143. The van der Waals surface area contributed by atoms with Gasteiger partial charge in [0.2, 0.25) is 0 Å². The standard InChI is InChI=1S/C21H12F6N4O/c22-20(23,24)15-9-18(29-11-12-5-7-13(8-6-12)32-21(25,26)27)31-17-4-2-1-3-16(17)30-19(31)14(15)10-28/h1-9,29H,11H2. The summed E-state index contributed by atoms with van der Waals surface area (Å²) in [5.41, 5.74) is -0.508. The third kappa shape index (κ3) is 4.12. The number of hydrogen-bond donors (Lipinski definition) is 1. The molecule has 32 heavy (non-hydrogen) atoms. The van der Waals surface area contributed by atoms with Crippen molar-refractivity contribution in [2.24, 2.45) is 0 Å². The van der Waals surface area contributed by atoms with Gasteiger partial charge in [-0.3, -0.25) is 4.40 Å². The molecule has 4 rings (SSSR count). The van der Waals surface area contributed by atoms with E-state index in [1.165, 1.54) is 16.5 Å². The summed E-state index contributed by atoms with van der Waals surface area (Å²) < 4.78 is 83.0. The predicted octanol–water partition coefficient (Wildman–Crippen LogP) is 5.89. The van der Waals surface area contributed by atoms with Crippen LogP contribution >= 0.6 is 0 Å². The number of nitriles is 1. The van der Waals surface area contributed by atoms with E-state index in [1.54, 1.807) is 30.3 Å². The SMILES string of the molecule is N#Cc1c(C(F)(F)F)cc(NCc2ccc(OC(F)(F)F)cc2)n2c1nc1ccccc12. The largest absolute Gasteiger partial charge is 0.573 e. The van der Waals surface area contributed by atoms with Crippen LogP contribution in [0, 0.1) is 11.3 Å². The molecule has 1 N–H and O–H groups in total. The number of para-hydroxylation sites is 2. The number of halogens is 6.